The standard InChI is InChI=1S/C21H21N5/c1-13-4-5-15(14(2)8-13)19-18-10-26(3)7-6-16(18)17(9-22)20(25)21(19,11-23)12-24/h4-6,8,17-19,25H,7,10H2,1-3H3/p+1/t17-,18-,19-/m1/s1. The fourth-order valence-corrected chi connectivity index (χ4v) is 4.57. The van der Waals surface area contributed by atoms with Crippen LogP contribution >= 0.6 is 0 Å². The minimum absolute atomic E-state index is 0.0722. The minimum Gasteiger partial charge on any atom is -0.334 e. The van der Waals surface area contributed by atoms with E-state index in [1.165, 1.54) is 4.90 Å². The summed E-state index contributed by atoms with van der Waals surface area (Å²) in [5.41, 5.74) is 2.31. The highest BCUT2D eigenvalue weighted by Crippen LogP contribution is 2.52. The quantitative estimate of drug-likeness (QED) is 0.758. The second-order valence-corrected chi connectivity index (χ2v) is 7.52. The van der Waals surface area contributed by atoms with E-state index in [1.54, 1.807) is 0 Å². The Morgan fingerprint density at radius 1 is 1.19 bits per heavy atom. The molecule has 3 rings (SSSR count). The van der Waals surface area contributed by atoms with Gasteiger partial charge in [-0.25, -0.2) is 0 Å². The number of aryl methyl sites for hydroxylation is 2. The molecule has 1 aromatic rings. The van der Waals surface area contributed by atoms with Crippen LogP contribution in [0.2, 0.25) is 0 Å². The largest absolute Gasteiger partial charge is 0.334 e. The van der Waals surface area contributed by atoms with Crippen molar-refractivity contribution in [3.05, 3.63) is 46.5 Å². The Bertz CT molecular complexity index is 907. The number of benzene rings is 1. The third kappa shape index (κ3) is 2.43. The van der Waals surface area contributed by atoms with Crippen LogP contribution in [0.25, 0.3) is 0 Å². The van der Waals surface area contributed by atoms with Gasteiger partial charge in [0.2, 0.25) is 0 Å². The zero-order valence-corrected chi connectivity index (χ0v) is 15.3. The fraction of sp³-hybridized carbons (Fsp3) is 0.429. The molecule has 5 nitrogen and oxygen atoms in total. The lowest BCUT2D eigenvalue weighted by Crippen LogP contribution is -3.10. The van der Waals surface area contributed by atoms with E-state index in [4.69, 9.17) is 5.41 Å². The predicted molar refractivity (Wildman–Crippen MR) is 97.3 cm³/mol. The summed E-state index contributed by atoms with van der Waals surface area (Å²) < 4.78 is 0. The van der Waals surface area contributed by atoms with Gasteiger partial charge in [-0.1, -0.05) is 23.8 Å². The van der Waals surface area contributed by atoms with E-state index in [9.17, 15) is 15.8 Å². The smallest absolute Gasteiger partial charge is 0.189 e. The normalized spacial score (nSPS) is 29.5. The van der Waals surface area contributed by atoms with Crippen LogP contribution in [0.5, 0.6) is 0 Å². The monoisotopic (exact) mass is 344 g/mol. The number of rotatable bonds is 1. The molecule has 1 unspecified atom stereocenters. The molecule has 130 valence electrons. The van der Waals surface area contributed by atoms with Crippen molar-refractivity contribution in [1.29, 1.82) is 21.2 Å². The Kier molecular flexibility index (Phi) is 4.41. The van der Waals surface area contributed by atoms with Crippen molar-refractivity contribution >= 4 is 5.71 Å². The van der Waals surface area contributed by atoms with Gasteiger partial charge in [0.25, 0.3) is 0 Å². The second kappa shape index (κ2) is 6.41. The number of nitrogens with zero attached hydrogens (tertiary/aromatic N) is 3. The molecule has 5 heteroatoms. The second-order valence-electron chi connectivity index (χ2n) is 7.52. The fourth-order valence-electron chi connectivity index (χ4n) is 4.57. The highest BCUT2D eigenvalue weighted by Gasteiger charge is 2.58. The highest BCUT2D eigenvalue weighted by atomic mass is 15.1. The summed E-state index contributed by atoms with van der Waals surface area (Å²) in [4.78, 5) is 1.28. The first-order chi connectivity index (χ1) is 12.4. The maximum absolute atomic E-state index is 10.0. The van der Waals surface area contributed by atoms with Crippen LogP contribution in [-0.4, -0.2) is 25.8 Å². The first-order valence-corrected chi connectivity index (χ1v) is 8.79. The third-order valence-corrected chi connectivity index (χ3v) is 5.84. The van der Waals surface area contributed by atoms with E-state index in [0.29, 0.717) is 0 Å². The van der Waals surface area contributed by atoms with Crippen molar-refractivity contribution in [2.75, 3.05) is 20.1 Å². The van der Waals surface area contributed by atoms with E-state index in [0.717, 1.165) is 35.4 Å². The molecular weight excluding hydrogens is 322 g/mol. The van der Waals surface area contributed by atoms with Gasteiger partial charge in [-0.3, -0.25) is 0 Å². The maximum atomic E-state index is 10.0. The van der Waals surface area contributed by atoms with Gasteiger partial charge in [-0.05, 0) is 36.6 Å². The molecule has 1 heterocycles. The van der Waals surface area contributed by atoms with Crippen LogP contribution in [0, 0.1) is 70.5 Å². The average Bonchev–Trinajstić information content (AvgIpc) is 2.62. The molecule has 1 aliphatic heterocycles. The van der Waals surface area contributed by atoms with Crippen LogP contribution in [0.3, 0.4) is 0 Å². The Labute approximate surface area is 154 Å². The molecule has 1 fully saturated rings. The molecule has 0 radical (unpaired) electrons. The van der Waals surface area contributed by atoms with Crippen molar-refractivity contribution in [2.24, 2.45) is 17.3 Å². The van der Waals surface area contributed by atoms with Crippen LogP contribution in [-0.2, 0) is 0 Å². The summed E-state index contributed by atoms with van der Waals surface area (Å²) in [6.07, 6.45) is 2.04. The van der Waals surface area contributed by atoms with Gasteiger partial charge < -0.3 is 10.3 Å². The van der Waals surface area contributed by atoms with Gasteiger partial charge >= 0.3 is 0 Å². The molecule has 2 aliphatic rings. The topological polar surface area (TPSA) is 99.7 Å². The molecule has 26 heavy (non-hydrogen) atoms. The van der Waals surface area contributed by atoms with E-state index in [-0.39, 0.29) is 11.6 Å². The van der Waals surface area contributed by atoms with Gasteiger partial charge in [-0.15, -0.1) is 0 Å². The van der Waals surface area contributed by atoms with Crippen LogP contribution in [0.1, 0.15) is 22.6 Å². The van der Waals surface area contributed by atoms with E-state index in [2.05, 4.69) is 31.3 Å². The summed E-state index contributed by atoms with van der Waals surface area (Å²) in [5, 5.41) is 38.3. The summed E-state index contributed by atoms with van der Waals surface area (Å²) in [7, 11) is 2.08. The molecule has 0 bridgehead atoms. The zero-order valence-electron chi connectivity index (χ0n) is 15.3. The van der Waals surface area contributed by atoms with E-state index < -0.39 is 17.3 Å². The van der Waals surface area contributed by atoms with E-state index in [1.807, 2.05) is 32.1 Å². The van der Waals surface area contributed by atoms with Crippen molar-refractivity contribution in [3.8, 4) is 18.2 Å². The van der Waals surface area contributed by atoms with Crippen LogP contribution in [0.15, 0.2) is 29.8 Å². The number of quaternary nitrogens is 1. The van der Waals surface area contributed by atoms with E-state index >= 15 is 0 Å². The molecule has 1 aromatic carbocycles. The predicted octanol–water partition coefficient (Wildman–Crippen LogP) is 1.66. The molecule has 0 spiro atoms. The molecule has 0 aromatic heterocycles. The number of nitriles is 3. The minimum atomic E-state index is -1.61. The van der Waals surface area contributed by atoms with Crippen LogP contribution < -0.4 is 4.90 Å². The number of nitrogens with one attached hydrogen (secondary N) is 2. The first-order valence-electron chi connectivity index (χ1n) is 8.79. The zero-order chi connectivity index (χ0) is 19.1. The Hall–Kier alpha value is -2.94. The number of likely N-dealkylation sites (N-methyl/N-ethyl adjacent to an activating group) is 1. The summed E-state index contributed by atoms with van der Waals surface area (Å²) in [5.74, 6) is -1.31. The molecule has 0 amide bonds. The number of hydrogen-bond donors (Lipinski definition) is 2. The van der Waals surface area contributed by atoms with Crippen LogP contribution in [0.4, 0.5) is 0 Å². The SMILES string of the molecule is Cc1ccc([C@@H]2[C@@H]3C[NH+](C)CC=C3[C@@H](C#N)C(=N)C2(C#N)C#N)c(C)c1. The molecule has 1 aliphatic carbocycles. The number of fused-ring (bicyclic) bond motifs is 1. The average molecular weight is 344 g/mol. The molecular formula is C21H22N5+. The first kappa shape index (κ1) is 17.9. The lowest BCUT2D eigenvalue weighted by Gasteiger charge is -2.46. The Morgan fingerprint density at radius 2 is 1.88 bits per heavy atom. The Morgan fingerprint density at radius 3 is 2.46 bits per heavy atom. The van der Waals surface area contributed by atoms with Crippen molar-refractivity contribution in [1.82, 2.24) is 0 Å². The molecule has 0 saturated heterocycles. The Balaban J connectivity index is 2.30. The van der Waals surface area contributed by atoms with Crippen molar-refractivity contribution in [3.63, 3.8) is 0 Å². The highest BCUT2D eigenvalue weighted by molar-refractivity contribution is 6.00. The van der Waals surface area contributed by atoms with Crippen molar-refractivity contribution < 1.29 is 4.90 Å². The van der Waals surface area contributed by atoms with Gasteiger partial charge in [0.15, 0.2) is 5.41 Å². The summed E-state index contributed by atoms with van der Waals surface area (Å²) in [6.45, 7) is 5.55. The molecule has 2 N–H and O–H groups in total. The lowest BCUT2D eigenvalue weighted by molar-refractivity contribution is -0.878. The van der Waals surface area contributed by atoms with Crippen molar-refractivity contribution in [2.45, 2.75) is 19.8 Å². The summed E-state index contributed by atoms with van der Waals surface area (Å²) >= 11 is 0. The van der Waals surface area contributed by atoms with Gasteiger partial charge in [-0.2, -0.15) is 15.8 Å². The lowest BCUT2D eigenvalue weighted by atomic mass is 9.54. The summed E-state index contributed by atoms with van der Waals surface area (Å²) in [6, 6.07) is 12.5. The molecule has 1 saturated carbocycles. The van der Waals surface area contributed by atoms with Gasteiger partial charge in [0.1, 0.15) is 5.92 Å². The third-order valence-electron chi connectivity index (χ3n) is 5.84. The van der Waals surface area contributed by atoms with Gasteiger partial charge in [0, 0.05) is 11.8 Å². The maximum Gasteiger partial charge on any atom is 0.189 e. The number of hydrogen-bond acceptors (Lipinski definition) is 4. The molecule has 4 atom stereocenters. The van der Waals surface area contributed by atoms with Gasteiger partial charge in [0.05, 0.1) is 44.1 Å².